The number of ether oxygens (including phenoxy) is 1. The van der Waals surface area contributed by atoms with E-state index >= 15 is 0 Å². The molecular weight excluding hydrogens is 242 g/mol. The zero-order valence-electron chi connectivity index (χ0n) is 11.5. The SMILES string of the molecule is CC(C)(NCCOc1ccc(C(=O)O)cc1)C1CC1. The Morgan fingerprint density at radius 2 is 2.00 bits per heavy atom. The quantitative estimate of drug-likeness (QED) is 0.742. The number of hydrogen-bond acceptors (Lipinski definition) is 3. The minimum absolute atomic E-state index is 0.191. The van der Waals surface area contributed by atoms with Crippen molar-refractivity contribution < 1.29 is 14.6 Å². The Hall–Kier alpha value is -1.55. The standard InChI is InChI=1S/C15H21NO3/c1-15(2,12-5-6-12)16-9-10-19-13-7-3-11(4-8-13)14(17)18/h3-4,7-8,12,16H,5-6,9-10H2,1-2H3,(H,17,18). The molecule has 0 radical (unpaired) electrons. The van der Waals surface area contributed by atoms with Gasteiger partial charge in [0, 0.05) is 12.1 Å². The minimum atomic E-state index is -0.917. The third-order valence-corrected chi connectivity index (χ3v) is 3.65. The fourth-order valence-corrected chi connectivity index (χ4v) is 2.19. The van der Waals surface area contributed by atoms with E-state index in [2.05, 4.69) is 19.2 Å². The van der Waals surface area contributed by atoms with E-state index in [1.165, 1.54) is 12.8 Å². The highest BCUT2D eigenvalue weighted by atomic mass is 16.5. The number of carbonyl (C=O) groups is 1. The Bertz CT molecular complexity index is 435. The molecule has 0 aromatic heterocycles. The molecule has 1 aromatic carbocycles. The molecule has 1 aromatic rings. The number of nitrogens with one attached hydrogen (secondary N) is 1. The predicted molar refractivity (Wildman–Crippen MR) is 73.7 cm³/mol. The van der Waals surface area contributed by atoms with E-state index in [0.717, 1.165) is 12.5 Å². The highest BCUT2D eigenvalue weighted by Crippen LogP contribution is 2.38. The normalized spacial score (nSPS) is 15.3. The van der Waals surface area contributed by atoms with Crippen molar-refractivity contribution in [3.8, 4) is 5.75 Å². The van der Waals surface area contributed by atoms with Crippen LogP contribution in [0.2, 0.25) is 0 Å². The van der Waals surface area contributed by atoms with Crippen LogP contribution in [-0.4, -0.2) is 29.8 Å². The van der Waals surface area contributed by atoms with Gasteiger partial charge in [-0.25, -0.2) is 4.79 Å². The molecule has 0 heterocycles. The molecule has 1 aliphatic rings. The predicted octanol–water partition coefficient (Wildman–Crippen LogP) is 2.54. The number of carboxylic acid groups (broad SMARTS) is 1. The molecule has 0 bridgehead atoms. The molecule has 0 amide bonds. The van der Waals surface area contributed by atoms with Gasteiger partial charge in [0.1, 0.15) is 12.4 Å². The summed E-state index contributed by atoms with van der Waals surface area (Å²) in [6, 6.07) is 6.49. The van der Waals surface area contributed by atoms with Crippen LogP contribution in [0.5, 0.6) is 5.75 Å². The molecule has 0 saturated heterocycles. The smallest absolute Gasteiger partial charge is 0.335 e. The van der Waals surface area contributed by atoms with Crippen molar-refractivity contribution in [3.63, 3.8) is 0 Å². The van der Waals surface area contributed by atoms with Crippen molar-refractivity contribution in [2.24, 2.45) is 5.92 Å². The van der Waals surface area contributed by atoms with Crippen LogP contribution in [0.3, 0.4) is 0 Å². The van der Waals surface area contributed by atoms with Gasteiger partial charge in [-0.1, -0.05) is 0 Å². The molecule has 2 N–H and O–H groups in total. The van der Waals surface area contributed by atoms with E-state index in [4.69, 9.17) is 9.84 Å². The lowest BCUT2D eigenvalue weighted by Gasteiger charge is -2.26. The molecule has 104 valence electrons. The molecule has 0 atom stereocenters. The van der Waals surface area contributed by atoms with Crippen molar-refractivity contribution in [2.45, 2.75) is 32.2 Å². The largest absolute Gasteiger partial charge is 0.492 e. The highest BCUT2D eigenvalue weighted by molar-refractivity contribution is 5.87. The van der Waals surface area contributed by atoms with Crippen LogP contribution >= 0.6 is 0 Å². The molecule has 4 heteroatoms. The maximum Gasteiger partial charge on any atom is 0.335 e. The molecule has 1 saturated carbocycles. The maximum absolute atomic E-state index is 10.7. The lowest BCUT2D eigenvalue weighted by atomic mass is 9.99. The first-order chi connectivity index (χ1) is 8.99. The summed E-state index contributed by atoms with van der Waals surface area (Å²) in [6.45, 7) is 5.84. The summed E-state index contributed by atoms with van der Waals surface area (Å²) in [5.41, 5.74) is 0.469. The van der Waals surface area contributed by atoms with Crippen LogP contribution < -0.4 is 10.1 Å². The molecule has 0 aliphatic heterocycles. The average Bonchev–Trinajstić information content (AvgIpc) is 3.20. The van der Waals surface area contributed by atoms with E-state index < -0.39 is 5.97 Å². The summed E-state index contributed by atoms with van der Waals surface area (Å²) in [5, 5.41) is 12.3. The number of aromatic carboxylic acids is 1. The fraction of sp³-hybridized carbons (Fsp3) is 0.533. The minimum Gasteiger partial charge on any atom is -0.492 e. The Kier molecular flexibility index (Phi) is 4.10. The molecule has 0 spiro atoms. The van der Waals surface area contributed by atoms with Gasteiger partial charge in [0.15, 0.2) is 0 Å². The van der Waals surface area contributed by atoms with Gasteiger partial charge in [-0.2, -0.15) is 0 Å². The van der Waals surface area contributed by atoms with E-state index in [1.807, 2.05) is 0 Å². The van der Waals surface area contributed by atoms with Gasteiger partial charge in [-0.3, -0.25) is 0 Å². The van der Waals surface area contributed by atoms with Gasteiger partial charge >= 0.3 is 5.97 Å². The summed E-state index contributed by atoms with van der Waals surface area (Å²) in [5.74, 6) is 0.581. The first-order valence-electron chi connectivity index (χ1n) is 6.70. The second-order valence-corrected chi connectivity index (χ2v) is 5.60. The van der Waals surface area contributed by atoms with Crippen LogP contribution in [0.25, 0.3) is 0 Å². The Balaban J connectivity index is 1.72. The van der Waals surface area contributed by atoms with Gasteiger partial charge in [-0.15, -0.1) is 0 Å². The lowest BCUT2D eigenvalue weighted by Crippen LogP contribution is -2.43. The van der Waals surface area contributed by atoms with E-state index in [-0.39, 0.29) is 11.1 Å². The van der Waals surface area contributed by atoms with Crippen molar-refractivity contribution in [1.29, 1.82) is 0 Å². The van der Waals surface area contributed by atoms with Crippen LogP contribution in [0, 0.1) is 5.92 Å². The zero-order valence-corrected chi connectivity index (χ0v) is 11.5. The molecule has 2 rings (SSSR count). The van der Waals surface area contributed by atoms with Crippen LogP contribution in [-0.2, 0) is 0 Å². The third kappa shape index (κ3) is 3.96. The molecule has 4 nitrogen and oxygen atoms in total. The van der Waals surface area contributed by atoms with E-state index in [9.17, 15) is 4.79 Å². The average molecular weight is 263 g/mol. The van der Waals surface area contributed by atoms with Gasteiger partial charge in [0.2, 0.25) is 0 Å². The second-order valence-electron chi connectivity index (χ2n) is 5.60. The van der Waals surface area contributed by atoms with Crippen molar-refractivity contribution in [1.82, 2.24) is 5.32 Å². The molecule has 19 heavy (non-hydrogen) atoms. The topological polar surface area (TPSA) is 58.6 Å². The van der Waals surface area contributed by atoms with Gasteiger partial charge in [0.05, 0.1) is 5.56 Å². The number of rotatable bonds is 7. The van der Waals surface area contributed by atoms with Crippen molar-refractivity contribution in [3.05, 3.63) is 29.8 Å². The van der Waals surface area contributed by atoms with Crippen molar-refractivity contribution in [2.75, 3.05) is 13.2 Å². The van der Waals surface area contributed by atoms with Gasteiger partial charge in [-0.05, 0) is 56.9 Å². The first kappa shape index (κ1) is 13.9. The van der Waals surface area contributed by atoms with Crippen LogP contribution in [0.15, 0.2) is 24.3 Å². The summed E-state index contributed by atoms with van der Waals surface area (Å²) in [6.07, 6.45) is 2.63. The van der Waals surface area contributed by atoms with Crippen molar-refractivity contribution >= 4 is 5.97 Å². The van der Waals surface area contributed by atoms with Crippen LogP contribution in [0.1, 0.15) is 37.0 Å². The maximum atomic E-state index is 10.7. The van der Waals surface area contributed by atoms with Gasteiger partial charge < -0.3 is 15.2 Å². The summed E-state index contributed by atoms with van der Waals surface area (Å²) in [7, 11) is 0. The summed E-state index contributed by atoms with van der Waals surface area (Å²) in [4.78, 5) is 10.7. The highest BCUT2D eigenvalue weighted by Gasteiger charge is 2.36. The molecular formula is C15H21NO3. The number of benzene rings is 1. The third-order valence-electron chi connectivity index (χ3n) is 3.65. The van der Waals surface area contributed by atoms with E-state index in [0.29, 0.717) is 12.4 Å². The fourth-order valence-electron chi connectivity index (χ4n) is 2.19. The van der Waals surface area contributed by atoms with Crippen LogP contribution in [0.4, 0.5) is 0 Å². The Labute approximate surface area is 113 Å². The summed E-state index contributed by atoms with van der Waals surface area (Å²) < 4.78 is 5.58. The number of hydrogen-bond donors (Lipinski definition) is 2. The Morgan fingerprint density at radius 1 is 1.37 bits per heavy atom. The monoisotopic (exact) mass is 263 g/mol. The molecule has 0 unspecified atom stereocenters. The second kappa shape index (κ2) is 5.61. The first-order valence-corrected chi connectivity index (χ1v) is 6.70. The van der Waals surface area contributed by atoms with Gasteiger partial charge in [0.25, 0.3) is 0 Å². The Morgan fingerprint density at radius 3 is 2.53 bits per heavy atom. The molecule has 1 aliphatic carbocycles. The zero-order chi connectivity index (χ0) is 13.9. The lowest BCUT2D eigenvalue weighted by molar-refractivity contribution is 0.0697. The molecule has 1 fully saturated rings. The van der Waals surface area contributed by atoms with E-state index in [1.54, 1.807) is 24.3 Å². The number of carboxylic acids is 1. The summed E-state index contributed by atoms with van der Waals surface area (Å²) >= 11 is 0.